The van der Waals surface area contributed by atoms with Crippen molar-refractivity contribution in [3.05, 3.63) is 36.3 Å². The van der Waals surface area contributed by atoms with Gasteiger partial charge in [-0.2, -0.15) is 5.10 Å². The lowest BCUT2D eigenvalue weighted by Crippen LogP contribution is -2.31. The van der Waals surface area contributed by atoms with Gasteiger partial charge < -0.3 is 5.73 Å². The summed E-state index contributed by atoms with van der Waals surface area (Å²) in [4.78, 5) is 6.56. The number of rotatable bonds is 4. The zero-order valence-corrected chi connectivity index (χ0v) is 11.8. The van der Waals surface area contributed by atoms with Crippen LogP contribution in [0.4, 0.5) is 0 Å². The summed E-state index contributed by atoms with van der Waals surface area (Å²) in [6.07, 6.45) is 4.78. The maximum absolute atomic E-state index is 5.85. The van der Waals surface area contributed by atoms with E-state index in [9.17, 15) is 0 Å². The molecule has 20 heavy (non-hydrogen) atoms. The average Bonchev–Trinajstić information content (AvgIpc) is 3.08. The number of hydrogen-bond donors (Lipinski definition) is 2. The fourth-order valence-electron chi connectivity index (χ4n) is 2.77. The Morgan fingerprint density at radius 2 is 2.40 bits per heavy atom. The summed E-state index contributed by atoms with van der Waals surface area (Å²) in [5.74, 6) is 0. The van der Waals surface area contributed by atoms with Crippen molar-refractivity contribution in [2.75, 3.05) is 19.6 Å². The Bertz CT molecular complexity index is 565. The summed E-state index contributed by atoms with van der Waals surface area (Å²) in [7, 11) is 0. The minimum absolute atomic E-state index is 0.270. The fourth-order valence-corrected chi connectivity index (χ4v) is 2.77. The van der Waals surface area contributed by atoms with Crippen LogP contribution in [0.3, 0.4) is 0 Å². The quantitative estimate of drug-likeness (QED) is 0.887. The molecule has 0 amide bonds. The van der Waals surface area contributed by atoms with Gasteiger partial charge in [-0.05, 0) is 43.1 Å². The molecule has 3 N–H and O–H groups in total. The van der Waals surface area contributed by atoms with Crippen LogP contribution in [0.15, 0.2) is 30.6 Å². The van der Waals surface area contributed by atoms with E-state index in [1.807, 2.05) is 18.3 Å². The molecule has 0 aromatic carbocycles. The number of aromatic nitrogens is 3. The lowest BCUT2D eigenvalue weighted by molar-refractivity contribution is 0.272. The van der Waals surface area contributed by atoms with Gasteiger partial charge in [-0.3, -0.25) is 15.0 Å². The van der Waals surface area contributed by atoms with E-state index in [0.29, 0.717) is 0 Å². The molecule has 1 saturated heterocycles. The van der Waals surface area contributed by atoms with Crippen molar-refractivity contribution in [3.8, 4) is 11.3 Å². The Balaban J connectivity index is 1.67. The molecule has 3 heterocycles. The summed E-state index contributed by atoms with van der Waals surface area (Å²) in [6, 6.07) is 6.06. The highest BCUT2D eigenvalue weighted by Gasteiger charge is 2.32. The lowest BCUT2D eigenvalue weighted by Gasteiger charge is -2.22. The number of nitrogens with one attached hydrogen (secondary N) is 1. The summed E-state index contributed by atoms with van der Waals surface area (Å²) in [5.41, 5.74) is 9.26. The molecule has 0 spiro atoms. The largest absolute Gasteiger partial charge is 0.330 e. The van der Waals surface area contributed by atoms with Crippen LogP contribution in [0, 0.1) is 5.41 Å². The molecule has 0 bridgehead atoms. The lowest BCUT2D eigenvalue weighted by atomic mass is 9.90. The summed E-state index contributed by atoms with van der Waals surface area (Å²) in [6.45, 7) is 6.09. The Labute approximate surface area is 119 Å². The molecule has 0 saturated carbocycles. The van der Waals surface area contributed by atoms with Crippen molar-refractivity contribution in [1.29, 1.82) is 0 Å². The zero-order chi connectivity index (χ0) is 14.0. The molecule has 106 valence electrons. The number of pyridine rings is 1. The number of H-pyrrole nitrogens is 1. The van der Waals surface area contributed by atoms with Crippen molar-refractivity contribution in [2.24, 2.45) is 11.1 Å². The van der Waals surface area contributed by atoms with Crippen molar-refractivity contribution in [3.63, 3.8) is 0 Å². The second-order valence-electron chi connectivity index (χ2n) is 6.00. The van der Waals surface area contributed by atoms with E-state index >= 15 is 0 Å². The van der Waals surface area contributed by atoms with Gasteiger partial charge in [-0.25, -0.2) is 0 Å². The molecule has 5 heteroatoms. The third-order valence-corrected chi connectivity index (χ3v) is 4.11. The van der Waals surface area contributed by atoms with Crippen LogP contribution in [0.1, 0.15) is 19.0 Å². The first-order valence-electron chi connectivity index (χ1n) is 7.06. The zero-order valence-electron chi connectivity index (χ0n) is 11.8. The topological polar surface area (TPSA) is 70.8 Å². The van der Waals surface area contributed by atoms with Crippen LogP contribution < -0.4 is 5.73 Å². The maximum Gasteiger partial charge on any atom is 0.0939 e. The minimum Gasteiger partial charge on any atom is -0.330 e. The van der Waals surface area contributed by atoms with E-state index in [0.717, 1.165) is 43.1 Å². The van der Waals surface area contributed by atoms with Crippen molar-refractivity contribution in [2.45, 2.75) is 19.9 Å². The van der Waals surface area contributed by atoms with Gasteiger partial charge in [0.1, 0.15) is 0 Å². The predicted molar refractivity (Wildman–Crippen MR) is 78.9 cm³/mol. The van der Waals surface area contributed by atoms with Gasteiger partial charge in [0.25, 0.3) is 0 Å². The van der Waals surface area contributed by atoms with Gasteiger partial charge in [0.05, 0.1) is 5.69 Å². The van der Waals surface area contributed by atoms with E-state index in [2.05, 4.69) is 33.1 Å². The highest BCUT2D eigenvalue weighted by molar-refractivity contribution is 5.57. The van der Waals surface area contributed by atoms with E-state index in [1.165, 1.54) is 6.42 Å². The summed E-state index contributed by atoms with van der Waals surface area (Å²) in [5, 5.41) is 7.49. The van der Waals surface area contributed by atoms with E-state index in [4.69, 9.17) is 5.73 Å². The number of likely N-dealkylation sites (tertiary alicyclic amines) is 1. The van der Waals surface area contributed by atoms with Gasteiger partial charge in [0.2, 0.25) is 0 Å². The molecule has 5 nitrogen and oxygen atoms in total. The highest BCUT2D eigenvalue weighted by atomic mass is 15.2. The summed E-state index contributed by atoms with van der Waals surface area (Å²) >= 11 is 0. The first-order chi connectivity index (χ1) is 9.68. The highest BCUT2D eigenvalue weighted by Crippen LogP contribution is 2.29. The van der Waals surface area contributed by atoms with Gasteiger partial charge in [0, 0.05) is 36.7 Å². The van der Waals surface area contributed by atoms with E-state index < -0.39 is 0 Å². The Kier molecular flexibility index (Phi) is 3.54. The standard InChI is InChI=1S/C15H21N5/c1-15(10-16)4-6-20(11-15)9-13-7-14(19-18-13)12-3-2-5-17-8-12/h2-3,5,7-8H,4,6,9-11,16H2,1H3,(H,18,19). The molecule has 2 aromatic rings. The van der Waals surface area contributed by atoms with E-state index in [1.54, 1.807) is 6.20 Å². The van der Waals surface area contributed by atoms with Crippen LogP contribution in [0.25, 0.3) is 11.3 Å². The Hall–Kier alpha value is -1.72. The SMILES string of the molecule is CC1(CN)CCN(Cc2cc(-c3cccnc3)n[nH]2)C1. The maximum atomic E-state index is 5.85. The molecular weight excluding hydrogens is 250 g/mol. The van der Waals surface area contributed by atoms with Gasteiger partial charge in [0.15, 0.2) is 0 Å². The van der Waals surface area contributed by atoms with Gasteiger partial charge in [-0.1, -0.05) is 6.92 Å². The minimum atomic E-state index is 0.270. The summed E-state index contributed by atoms with van der Waals surface area (Å²) < 4.78 is 0. The van der Waals surface area contributed by atoms with Gasteiger partial charge in [-0.15, -0.1) is 0 Å². The van der Waals surface area contributed by atoms with Crippen LogP contribution in [-0.4, -0.2) is 39.7 Å². The molecule has 0 radical (unpaired) electrons. The molecule has 1 aliphatic rings. The average molecular weight is 271 g/mol. The monoisotopic (exact) mass is 271 g/mol. The first-order valence-corrected chi connectivity index (χ1v) is 7.06. The second-order valence-corrected chi connectivity index (χ2v) is 6.00. The number of nitrogens with two attached hydrogens (primary N) is 1. The molecule has 1 atom stereocenters. The molecular formula is C15H21N5. The molecule has 1 unspecified atom stereocenters. The van der Waals surface area contributed by atoms with Crippen LogP contribution in [0.2, 0.25) is 0 Å². The molecule has 3 rings (SSSR count). The molecule has 0 aliphatic carbocycles. The Morgan fingerprint density at radius 1 is 1.50 bits per heavy atom. The third kappa shape index (κ3) is 2.73. The molecule has 2 aromatic heterocycles. The van der Waals surface area contributed by atoms with Crippen LogP contribution in [-0.2, 0) is 6.54 Å². The fraction of sp³-hybridized carbons (Fsp3) is 0.467. The van der Waals surface area contributed by atoms with Crippen LogP contribution >= 0.6 is 0 Å². The number of hydrogen-bond acceptors (Lipinski definition) is 4. The van der Waals surface area contributed by atoms with Gasteiger partial charge >= 0.3 is 0 Å². The van der Waals surface area contributed by atoms with Crippen molar-refractivity contribution < 1.29 is 0 Å². The first kappa shape index (κ1) is 13.3. The van der Waals surface area contributed by atoms with Crippen molar-refractivity contribution in [1.82, 2.24) is 20.1 Å². The predicted octanol–water partition coefficient (Wildman–Crippen LogP) is 1.64. The smallest absolute Gasteiger partial charge is 0.0939 e. The Morgan fingerprint density at radius 3 is 3.10 bits per heavy atom. The number of nitrogens with zero attached hydrogens (tertiary/aromatic N) is 3. The van der Waals surface area contributed by atoms with Crippen LogP contribution in [0.5, 0.6) is 0 Å². The van der Waals surface area contributed by atoms with E-state index in [-0.39, 0.29) is 5.41 Å². The second kappa shape index (κ2) is 5.34. The normalized spacial score (nSPS) is 23.3. The molecule has 1 aliphatic heterocycles. The molecule has 1 fully saturated rings. The third-order valence-electron chi connectivity index (χ3n) is 4.11. The van der Waals surface area contributed by atoms with Crippen molar-refractivity contribution >= 4 is 0 Å². The number of aromatic amines is 1.